The maximum Gasteiger partial charge on any atom is 0.278 e. The molecule has 0 radical (unpaired) electrons. The van der Waals surface area contributed by atoms with Gasteiger partial charge in [0.25, 0.3) is 5.56 Å². The summed E-state index contributed by atoms with van der Waals surface area (Å²) >= 11 is 0. The van der Waals surface area contributed by atoms with Crippen molar-refractivity contribution in [2.75, 3.05) is 11.5 Å². The van der Waals surface area contributed by atoms with Gasteiger partial charge < -0.3 is 11.5 Å². The lowest BCUT2D eigenvalue weighted by Crippen LogP contribution is -2.22. The molecule has 0 saturated heterocycles. The maximum absolute atomic E-state index is 11.9. The third-order valence-corrected chi connectivity index (χ3v) is 2.44. The molecule has 0 saturated carbocycles. The quantitative estimate of drug-likeness (QED) is 0.753. The molecule has 16 heavy (non-hydrogen) atoms. The number of hydrogen-bond acceptors (Lipinski definition) is 3. The summed E-state index contributed by atoms with van der Waals surface area (Å²) < 4.78 is 1.47. The third kappa shape index (κ3) is 1.65. The number of anilines is 2. The van der Waals surface area contributed by atoms with Crippen LogP contribution in [0.25, 0.3) is 5.69 Å². The van der Waals surface area contributed by atoms with E-state index in [1.807, 2.05) is 31.2 Å². The molecule has 0 atom stereocenters. The highest BCUT2D eigenvalue weighted by molar-refractivity contribution is 5.52. The van der Waals surface area contributed by atoms with Crippen LogP contribution in [0.1, 0.15) is 5.56 Å². The molecule has 0 unspecified atom stereocenters. The van der Waals surface area contributed by atoms with Crippen LogP contribution in [0.4, 0.5) is 11.4 Å². The van der Waals surface area contributed by atoms with Crippen molar-refractivity contribution in [1.29, 1.82) is 0 Å². The number of pyridine rings is 1. The maximum atomic E-state index is 11.9. The molecular weight excluding hydrogens is 202 g/mol. The molecular formula is C12H13N3O. The van der Waals surface area contributed by atoms with Crippen LogP contribution in [0.5, 0.6) is 0 Å². The Kier molecular flexibility index (Phi) is 2.40. The Morgan fingerprint density at radius 1 is 1.19 bits per heavy atom. The molecule has 0 aliphatic rings. The summed E-state index contributed by atoms with van der Waals surface area (Å²) in [5.74, 6) is 0. The van der Waals surface area contributed by atoms with Crippen LogP contribution in [-0.4, -0.2) is 4.57 Å². The Bertz CT molecular complexity index is 587. The highest BCUT2D eigenvalue weighted by Gasteiger charge is 2.05. The first kappa shape index (κ1) is 10.3. The molecule has 0 aliphatic carbocycles. The van der Waals surface area contributed by atoms with Crippen LogP contribution in [-0.2, 0) is 0 Å². The zero-order chi connectivity index (χ0) is 11.7. The van der Waals surface area contributed by atoms with E-state index in [2.05, 4.69) is 0 Å². The van der Waals surface area contributed by atoms with Gasteiger partial charge >= 0.3 is 0 Å². The molecule has 1 aromatic carbocycles. The predicted octanol–water partition coefficient (Wildman–Crippen LogP) is 1.31. The fourth-order valence-electron chi connectivity index (χ4n) is 1.64. The van der Waals surface area contributed by atoms with Crippen molar-refractivity contribution in [2.45, 2.75) is 6.92 Å². The molecule has 1 heterocycles. The van der Waals surface area contributed by atoms with Gasteiger partial charge in [-0.15, -0.1) is 0 Å². The Hall–Kier alpha value is -2.23. The number of nitrogen functional groups attached to an aromatic ring is 2. The van der Waals surface area contributed by atoms with E-state index in [1.54, 1.807) is 6.20 Å². The van der Waals surface area contributed by atoms with Gasteiger partial charge in [-0.1, -0.05) is 18.2 Å². The van der Waals surface area contributed by atoms with Gasteiger partial charge in [0.15, 0.2) is 0 Å². The summed E-state index contributed by atoms with van der Waals surface area (Å²) in [6.07, 6.45) is 1.58. The van der Waals surface area contributed by atoms with Crippen molar-refractivity contribution >= 4 is 11.4 Å². The summed E-state index contributed by atoms with van der Waals surface area (Å²) in [5, 5.41) is 0. The number of aromatic nitrogens is 1. The number of nitrogens with two attached hydrogens (primary N) is 2. The van der Waals surface area contributed by atoms with Crippen molar-refractivity contribution < 1.29 is 0 Å². The Balaban J connectivity index is 2.75. The molecule has 4 N–H and O–H groups in total. The second kappa shape index (κ2) is 3.73. The molecule has 82 valence electrons. The first-order chi connectivity index (χ1) is 7.59. The van der Waals surface area contributed by atoms with Crippen LogP contribution in [0, 0.1) is 6.92 Å². The number of para-hydroxylation sites is 1. The fourth-order valence-corrected chi connectivity index (χ4v) is 1.64. The smallest absolute Gasteiger partial charge is 0.278 e. The molecule has 1 aromatic heterocycles. The standard InChI is InChI=1S/C12H13N3O/c1-8-4-2-3-5-11(8)15-7-9(13)6-10(14)12(15)16/h2-7H,13-14H2,1H3. The number of benzene rings is 1. The lowest BCUT2D eigenvalue weighted by atomic mass is 10.2. The third-order valence-electron chi connectivity index (χ3n) is 2.44. The zero-order valence-corrected chi connectivity index (χ0v) is 8.97. The molecule has 0 spiro atoms. The van der Waals surface area contributed by atoms with E-state index in [0.29, 0.717) is 5.69 Å². The zero-order valence-electron chi connectivity index (χ0n) is 8.97. The van der Waals surface area contributed by atoms with Crippen LogP contribution in [0.15, 0.2) is 41.3 Å². The molecule has 4 nitrogen and oxygen atoms in total. The Morgan fingerprint density at radius 2 is 1.88 bits per heavy atom. The van der Waals surface area contributed by atoms with Gasteiger partial charge in [-0.05, 0) is 24.6 Å². The summed E-state index contributed by atoms with van der Waals surface area (Å²) in [6, 6.07) is 9.04. The van der Waals surface area contributed by atoms with Crippen LogP contribution < -0.4 is 17.0 Å². The number of nitrogens with zero attached hydrogens (tertiary/aromatic N) is 1. The lowest BCUT2D eigenvalue weighted by Gasteiger charge is -2.10. The minimum absolute atomic E-state index is 0.156. The minimum atomic E-state index is -0.247. The molecule has 0 fully saturated rings. The van der Waals surface area contributed by atoms with Crippen molar-refractivity contribution in [3.05, 3.63) is 52.4 Å². The molecule has 0 amide bonds. The van der Waals surface area contributed by atoms with E-state index < -0.39 is 0 Å². The van der Waals surface area contributed by atoms with Gasteiger partial charge in [0.1, 0.15) is 5.69 Å². The van der Waals surface area contributed by atoms with Crippen LogP contribution >= 0.6 is 0 Å². The SMILES string of the molecule is Cc1ccccc1-n1cc(N)cc(N)c1=O. The molecule has 2 rings (SSSR count). The lowest BCUT2D eigenvalue weighted by molar-refractivity contribution is 0.985. The second-order valence-corrected chi connectivity index (χ2v) is 3.69. The van der Waals surface area contributed by atoms with Crippen molar-refractivity contribution in [1.82, 2.24) is 4.57 Å². The monoisotopic (exact) mass is 215 g/mol. The minimum Gasteiger partial charge on any atom is -0.397 e. The second-order valence-electron chi connectivity index (χ2n) is 3.69. The van der Waals surface area contributed by atoms with Crippen molar-refractivity contribution in [3.63, 3.8) is 0 Å². The highest BCUT2D eigenvalue weighted by atomic mass is 16.1. The van der Waals surface area contributed by atoms with E-state index >= 15 is 0 Å². The predicted molar refractivity (Wildman–Crippen MR) is 65.6 cm³/mol. The van der Waals surface area contributed by atoms with Gasteiger partial charge in [0.2, 0.25) is 0 Å². The van der Waals surface area contributed by atoms with E-state index in [9.17, 15) is 4.79 Å². The fraction of sp³-hybridized carbons (Fsp3) is 0.0833. The summed E-state index contributed by atoms with van der Waals surface area (Å²) in [6.45, 7) is 1.93. The number of hydrogen-bond donors (Lipinski definition) is 2. The Morgan fingerprint density at radius 3 is 2.56 bits per heavy atom. The highest BCUT2D eigenvalue weighted by Crippen LogP contribution is 2.13. The number of aryl methyl sites for hydroxylation is 1. The average Bonchev–Trinajstić information content (AvgIpc) is 2.24. The van der Waals surface area contributed by atoms with E-state index in [1.165, 1.54) is 10.6 Å². The summed E-state index contributed by atoms with van der Waals surface area (Å²) in [5.41, 5.74) is 13.4. The van der Waals surface area contributed by atoms with Gasteiger partial charge in [-0.3, -0.25) is 9.36 Å². The Labute approximate surface area is 93.1 Å². The van der Waals surface area contributed by atoms with Crippen molar-refractivity contribution in [2.24, 2.45) is 0 Å². The molecule has 4 heteroatoms. The van der Waals surface area contributed by atoms with Crippen LogP contribution in [0.2, 0.25) is 0 Å². The molecule has 0 aliphatic heterocycles. The summed E-state index contributed by atoms with van der Waals surface area (Å²) in [4.78, 5) is 11.9. The van der Waals surface area contributed by atoms with Gasteiger partial charge in [-0.2, -0.15) is 0 Å². The van der Waals surface area contributed by atoms with Gasteiger partial charge in [0, 0.05) is 6.20 Å². The molecule has 2 aromatic rings. The summed E-state index contributed by atoms with van der Waals surface area (Å²) in [7, 11) is 0. The van der Waals surface area contributed by atoms with Gasteiger partial charge in [-0.25, -0.2) is 0 Å². The number of rotatable bonds is 1. The first-order valence-electron chi connectivity index (χ1n) is 4.93. The van der Waals surface area contributed by atoms with E-state index in [4.69, 9.17) is 11.5 Å². The topological polar surface area (TPSA) is 74.0 Å². The normalized spacial score (nSPS) is 10.3. The average molecular weight is 215 g/mol. The molecule has 0 bridgehead atoms. The van der Waals surface area contributed by atoms with Crippen LogP contribution in [0.3, 0.4) is 0 Å². The van der Waals surface area contributed by atoms with Gasteiger partial charge in [0.05, 0.1) is 11.4 Å². The van der Waals surface area contributed by atoms with Crippen molar-refractivity contribution in [3.8, 4) is 5.69 Å². The largest absolute Gasteiger partial charge is 0.397 e. The first-order valence-corrected chi connectivity index (χ1v) is 4.93. The van der Waals surface area contributed by atoms with E-state index in [0.717, 1.165) is 11.3 Å². The van der Waals surface area contributed by atoms with E-state index in [-0.39, 0.29) is 11.2 Å².